The van der Waals surface area contributed by atoms with E-state index in [0.717, 1.165) is 48.9 Å². The van der Waals surface area contributed by atoms with Gasteiger partial charge in [0.25, 0.3) is 0 Å². The molecule has 5 rings (SSSR count). The maximum Gasteiger partial charge on any atom is 0.155 e. The van der Waals surface area contributed by atoms with Crippen LogP contribution in [0.25, 0.3) is 0 Å². The van der Waals surface area contributed by atoms with E-state index in [9.17, 15) is 4.91 Å². The van der Waals surface area contributed by atoms with Crippen LogP contribution in [-0.4, -0.2) is 6.10 Å². The molecule has 1 aromatic carbocycles. The lowest BCUT2D eigenvalue weighted by Gasteiger charge is -2.58. The first-order chi connectivity index (χ1) is 16.0. The van der Waals surface area contributed by atoms with Crippen molar-refractivity contribution in [2.45, 2.75) is 97.5 Å². The Kier molecular flexibility index (Phi) is 6.44. The van der Waals surface area contributed by atoms with Crippen LogP contribution in [0.2, 0.25) is 0 Å². The van der Waals surface area contributed by atoms with Gasteiger partial charge in [-0.15, -0.1) is 4.91 Å². The van der Waals surface area contributed by atoms with Gasteiger partial charge in [-0.25, -0.2) is 0 Å². The number of allylic oxidation sites excluding steroid dienone is 1. The van der Waals surface area contributed by atoms with E-state index >= 15 is 0 Å². The number of fused-ring (bicyclic) bond motifs is 5. The highest BCUT2D eigenvalue weighted by molar-refractivity contribution is 5.25. The van der Waals surface area contributed by atoms with Gasteiger partial charge in [0.05, 0.1) is 0 Å². The summed E-state index contributed by atoms with van der Waals surface area (Å²) in [5.74, 6) is 4.26. The average molecular weight is 450 g/mol. The molecule has 1 unspecified atom stereocenters. The second-order valence-corrected chi connectivity index (χ2v) is 12.4. The second kappa shape index (κ2) is 9.19. The van der Waals surface area contributed by atoms with E-state index in [0.29, 0.717) is 10.8 Å². The molecule has 180 valence electrons. The van der Waals surface area contributed by atoms with Crippen molar-refractivity contribution in [2.75, 3.05) is 0 Å². The van der Waals surface area contributed by atoms with Gasteiger partial charge in [-0.05, 0) is 104 Å². The summed E-state index contributed by atoms with van der Waals surface area (Å²) in [7, 11) is 0. The van der Waals surface area contributed by atoms with Crippen molar-refractivity contribution in [1.29, 1.82) is 0 Å². The molecule has 8 atom stereocenters. The first-order valence-electron chi connectivity index (χ1n) is 13.7. The van der Waals surface area contributed by atoms with Crippen LogP contribution in [0, 0.1) is 45.3 Å². The molecular formula is C30H43NO2. The van der Waals surface area contributed by atoms with E-state index in [-0.39, 0.29) is 6.10 Å². The molecule has 0 aromatic heterocycles. The third-order valence-corrected chi connectivity index (χ3v) is 11.0. The van der Waals surface area contributed by atoms with Gasteiger partial charge in [0, 0.05) is 6.42 Å². The Bertz CT molecular complexity index is 865. The van der Waals surface area contributed by atoms with E-state index < -0.39 is 0 Å². The molecule has 1 aromatic rings. The predicted octanol–water partition coefficient (Wildman–Crippen LogP) is 8.29. The molecule has 33 heavy (non-hydrogen) atoms. The monoisotopic (exact) mass is 449 g/mol. The van der Waals surface area contributed by atoms with Gasteiger partial charge in [-0.2, -0.15) is 0 Å². The molecule has 0 radical (unpaired) electrons. The molecule has 3 saturated carbocycles. The lowest BCUT2D eigenvalue weighted by atomic mass is 9.47. The predicted molar refractivity (Wildman–Crippen MR) is 134 cm³/mol. The molecule has 0 amide bonds. The highest BCUT2D eigenvalue weighted by Crippen LogP contribution is 2.67. The fourth-order valence-electron chi connectivity index (χ4n) is 9.23. The van der Waals surface area contributed by atoms with Crippen molar-refractivity contribution in [3.63, 3.8) is 0 Å². The van der Waals surface area contributed by atoms with Crippen LogP contribution in [0.5, 0.6) is 0 Å². The topological polar surface area (TPSA) is 38.7 Å². The minimum absolute atomic E-state index is 0.000159. The lowest BCUT2D eigenvalue weighted by molar-refractivity contribution is -0.0639. The second-order valence-electron chi connectivity index (χ2n) is 12.4. The third-order valence-electron chi connectivity index (χ3n) is 11.0. The lowest BCUT2D eigenvalue weighted by Crippen LogP contribution is -2.50. The van der Waals surface area contributed by atoms with Crippen molar-refractivity contribution >= 4 is 0 Å². The summed E-state index contributed by atoms with van der Waals surface area (Å²) >= 11 is 0. The van der Waals surface area contributed by atoms with Gasteiger partial charge in [0.15, 0.2) is 5.34 Å². The van der Waals surface area contributed by atoms with Crippen LogP contribution < -0.4 is 0 Å². The Labute approximate surface area is 200 Å². The molecular weight excluding hydrogens is 406 g/mol. The Balaban J connectivity index is 1.25. The molecule has 0 saturated heterocycles. The maximum absolute atomic E-state index is 10.6. The fraction of sp³-hybridized carbons (Fsp3) is 0.733. The van der Waals surface area contributed by atoms with E-state index in [4.69, 9.17) is 4.84 Å². The van der Waals surface area contributed by atoms with Crippen LogP contribution >= 0.6 is 0 Å². The average Bonchev–Trinajstić information content (AvgIpc) is 3.17. The molecule has 0 bridgehead atoms. The highest BCUT2D eigenvalue weighted by Gasteiger charge is 2.59. The maximum atomic E-state index is 10.6. The van der Waals surface area contributed by atoms with Crippen molar-refractivity contribution in [1.82, 2.24) is 0 Å². The minimum atomic E-state index is -0.000159. The number of aryl methyl sites for hydroxylation is 1. The first kappa shape index (κ1) is 23.1. The Hall–Kier alpha value is -1.64. The Morgan fingerprint density at radius 2 is 1.88 bits per heavy atom. The number of nitrogens with zero attached hydrogens (tertiary/aromatic N) is 1. The Morgan fingerprint density at radius 1 is 1.06 bits per heavy atom. The van der Waals surface area contributed by atoms with E-state index in [1.807, 2.05) is 0 Å². The van der Waals surface area contributed by atoms with Crippen molar-refractivity contribution < 1.29 is 4.84 Å². The zero-order valence-electron chi connectivity index (χ0n) is 21.0. The number of hydrogen-bond acceptors (Lipinski definition) is 3. The fourth-order valence-corrected chi connectivity index (χ4v) is 9.23. The van der Waals surface area contributed by atoms with Crippen LogP contribution in [-0.2, 0) is 11.3 Å². The van der Waals surface area contributed by atoms with Crippen LogP contribution in [0.15, 0.2) is 47.3 Å². The smallest absolute Gasteiger partial charge is 0.155 e. The van der Waals surface area contributed by atoms with Gasteiger partial charge >= 0.3 is 0 Å². The summed E-state index contributed by atoms with van der Waals surface area (Å²) in [6, 6.07) is 11.0. The minimum Gasteiger partial charge on any atom is -0.360 e. The molecule has 3 nitrogen and oxygen atoms in total. The molecule has 3 fully saturated rings. The number of hydrogen-bond donors (Lipinski definition) is 0. The number of benzene rings is 1. The molecule has 4 aliphatic carbocycles. The summed E-state index contributed by atoms with van der Waals surface area (Å²) in [5.41, 5.74) is 3.89. The summed E-state index contributed by atoms with van der Waals surface area (Å²) in [6.07, 6.45) is 16.4. The molecule has 0 aliphatic heterocycles. The van der Waals surface area contributed by atoms with Gasteiger partial charge < -0.3 is 4.84 Å². The van der Waals surface area contributed by atoms with E-state index in [1.165, 1.54) is 56.9 Å². The van der Waals surface area contributed by atoms with E-state index in [2.05, 4.69) is 62.5 Å². The normalized spacial score (nSPS) is 40.7. The molecule has 4 aliphatic rings. The van der Waals surface area contributed by atoms with E-state index in [1.54, 1.807) is 5.57 Å². The quantitative estimate of drug-likeness (QED) is 0.238. The van der Waals surface area contributed by atoms with Crippen molar-refractivity contribution in [3.8, 4) is 0 Å². The van der Waals surface area contributed by atoms with Crippen molar-refractivity contribution in [2.24, 2.45) is 45.8 Å². The number of rotatable bonds is 7. The van der Waals surface area contributed by atoms with Gasteiger partial charge in [-0.3, -0.25) is 0 Å². The summed E-state index contributed by atoms with van der Waals surface area (Å²) in [6.45, 7) is 7.75. The summed E-state index contributed by atoms with van der Waals surface area (Å²) in [4.78, 5) is 15.8. The molecule has 3 heteroatoms. The SMILES string of the molecule is C[C@H](CCCc1ccccc1)C1CC[C@H]2[C@@H]3CC=C4C[C@@H](ON=O)CC[C@]4(C)[C@H]3CC[C@]12C. The summed E-state index contributed by atoms with van der Waals surface area (Å²) in [5, 5.41) is 2.74. The standard InChI is InChI=1S/C30H43NO2/c1-21(8-7-11-22-9-5-4-6-10-22)26-14-15-27-25-13-12-23-20-24(33-31-32)16-18-29(23,2)28(25)17-19-30(26,27)3/h4-6,9-10,12,21,24-28H,7-8,11,13-20H2,1-3H3/t21-,24+,25+,26?,27+,28+,29+,30-/m1/s1. The third kappa shape index (κ3) is 4.08. The summed E-state index contributed by atoms with van der Waals surface area (Å²) < 4.78 is 0. The van der Waals surface area contributed by atoms with Gasteiger partial charge in [0.1, 0.15) is 6.10 Å². The highest BCUT2D eigenvalue weighted by atomic mass is 16.7. The van der Waals surface area contributed by atoms with Gasteiger partial charge in [-0.1, -0.05) is 69.2 Å². The molecule has 0 spiro atoms. The largest absolute Gasteiger partial charge is 0.360 e. The van der Waals surface area contributed by atoms with Crippen LogP contribution in [0.1, 0.15) is 90.5 Å². The Morgan fingerprint density at radius 3 is 2.67 bits per heavy atom. The van der Waals surface area contributed by atoms with Gasteiger partial charge in [0.2, 0.25) is 0 Å². The van der Waals surface area contributed by atoms with Crippen LogP contribution in [0.4, 0.5) is 0 Å². The zero-order valence-corrected chi connectivity index (χ0v) is 21.0. The zero-order chi connectivity index (χ0) is 23.1. The molecule has 0 heterocycles. The van der Waals surface area contributed by atoms with Crippen molar-refractivity contribution in [3.05, 3.63) is 52.5 Å². The van der Waals surface area contributed by atoms with Crippen LogP contribution in [0.3, 0.4) is 0 Å². The molecule has 0 N–H and O–H groups in total. The first-order valence-corrected chi connectivity index (χ1v) is 13.7.